The van der Waals surface area contributed by atoms with Gasteiger partial charge in [0, 0.05) is 25.1 Å². The molecule has 1 N–H and O–H groups in total. The van der Waals surface area contributed by atoms with Gasteiger partial charge in [-0.05, 0) is 12.1 Å². The molecule has 0 aromatic heterocycles. The SMILES string of the molecule is COc1cc(NC(=O)CN(C(C)=O)c2ccc(F)cc2F)c(OC)cc1Cl. The maximum Gasteiger partial charge on any atom is 0.244 e. The molecule has 2 aromatic carbocycles. The first-order chi connectivity index (χ1) is 12.8. The van der Waals surface area contributed by atoms with Crippen molar-refractivity contribution in [3.63, 3.8) is 0 Å². The lowest BCUT2D eigenvalue weighted by Gasteiger charge is -2.21. The minimum Gasteiger partial charge on any atom is -0.495 e. The zero-order chi connectivity index (χ0) is 20.1. The third-order valence-electron chi connectivity index (χ3n) is 3.63. The van der Waals surface area contributed by atoms with Crippen molar-refractivity contribution in [3.05, 3.63) is 47.0 Å². The number of amides is 2. The fourth-order valence-electron chi connectivity index (χ4n) is 2.36. The fourth-order valence-corrected chi connectivity index (χ4v) is 2.59. The van der Waals surface area contributed by atoms with Crippen molar-refractivity contribution in [1.82, 2.24) is 0 Å². The summed E-state index contributed by atoms with van der Waals surface area (Å²) in [6, 6.07) is 5.63. The Morgan fingerprint density at radius 2 is 1.78 bits per heavy atom. The summed E-state index contributed by atoms with van der Waals surface area (Å²) in [6.07, 6.45) is 0. The first-order valence-corrected chi connectivity index (χ1v) is 8.09. The Labute approximate surface area is 159 Å². The molecule has 0 saturated heterocycles. The van der Waals surface area contributed by atoms with Crippen molar-refractivity contribution < 1.29 is 27.8 Å². The van der Waals surface area contributed by atoms with Gasteiger partial charge in [0.05, 0.1) is 30.6 Å². The van der Waals surface area contributed by atoms with Gasteiger partial charge in [-0.2, -0.15) is 0 Å². The van der Waals surface area contributed by atoms with Crippen LogP contribution in [0.25, 0.3) is 0 Å². The lowest BCUT2D eigenvalue weighted by atomic mass is 10.2. The van der Waals surface area contributed by atoms with Crippen molar-refractivity contribution in [1.29, 1.82) is 0 Å². The Balaban J connectivity index is 2.26. The van der Waals surface area contributed by atoms with Crippen LogP contribution in [0, 0.1) is 11.6 Å². The van der Waals surface area contributed by atoms with Crippen molar-refractivity contribution in [2.75, 3.05) is 31.0 Å². The first kappa shape index (κ1) is 20.4. The van der Waals surface area contributed by atoms with Gasteiger partial charge in [-0.25, -0.2) is 8.78 Å². The molecule has 0 aliphatic carbocycles. The van der Waals surface area contributed by atoms with Crippen LogP contribution in [0.2, 0.25) is 5.02 Å². The van der Waals surface area contributed by atoms with Crippen LogP contribution >= 0.6 is 11.6 Å². The van der Waals surface area contributed by atoms with Gasteiger partial charge in [-0.3, -0.25) is 9.59 Å². The van der Waals surface area contributed by atoms with Crippen molar-refractivity contribution in [3.8, 4) is 11.5 Å². The number of hydrogen-bond donors (Lipinski definition) is 1. The normalized spacial score (nSPS) is 10.3. The Morgan fingerprint density at radius 3 is 2.33 bits per heavy atom. The molecule has 2 rings (SSSR count). The molecule has 0 saturated carbocycles. The van der Waals surface area contributed by atoms with Crippen LogP contribution in [0.1, 0.15) is 6.92 Å². The van der Waals surface area contributed by atoms with E-state index < -0.39 is 30.0 Å². The molecule has 0 bridgehead atoms. The number of rotatable bonds is 6. The molecule has 0 radical (unpaired) electrons. The van der Waals surface area contributed by atoms with E-state index in [0.717, 1.165) is 17.0 Å². The molecule has 6 nitrogen and oxygen atoms in total. The quantitative estimate of drug-likeness (QED) is 0.807. The molecule has 144 valence electrons. The fraction of sp³-hybridized carbons (Fsp3) is 0.222. The summed E-state index contributed by atoms with van der Waals surface area (Å²) in [5.74, 6) is -2.38. The van der Waals surface area contributed by atoms with Gasteiger partial charge in [0.2, 0.25) is 11.8 Å². The van der Waals surface area contributed by atoms with E-state index in [9.17, 15) is 18.4 Å². The van der Waals surface area contributed by atoms with Crippen LogP contribution in [0.4, 0.5) is 20.2 Å². The second-order valence-corrected chi connectivity index (χ2v) is 5.84. The zero-order valence-corrected chi connectivity index (χ0v) is 15.6. The third-order valence-corrected chi connectivity index (χ3v) is 3.93. The predicted molar refractivity (Wildman–Crippen MR) is 97.6 cm³/mol. The van der Waals surface area contributed by atoms with E-state index in [0.29, 0.717) is 11.8 Å². The summed E-state index contributed by atoms with van der Waals surface area (Å²) >= 11 is 6.01. The average molecular weight is 399 g/mol. The van der Waals surface area contributed by atoms with Gasteiger partial charge in [0.1, 0.15) is 29.7 Å². The van der Waals surface area contributed by atoms with Crippen molar-refractivity contribution in [2.45, 2.75) is 6.92 Å². The monoisotopic (exact) mass is 398 g/mol. The highest BCUT2D eigenvalue weighted by molar-refractivity contribution is 6.32. The highest BCUT2D eigenvalue weighted by Crippen LogP contribution is 2.35. The minimum absolute atomic E-state index is 0.209. The van der Waals surface area contributed by atoms with Gasteiger partial charge in [-0.1, -0.05) is 11.6 Å². The Morgan fingerprint density at radius 1 is 1.11 bits per heavy atom. The Kier molecular flexibility index (Phi) is 6.57. The molecular formula is C18H17ClF2N2O4. The topological polar surface area (TPSA) is 67.9 Å². The number of nitrogens with zero attached hydrogens (tertiary/aromatic N) is 1. The standard InChI is InChI=1S/C18H17ClF2N2O4/c1-10(24)23(15-5-4-11(20)6-13(15)21)9-18(25)22-14-8-16(26-2)12(19)7-17(14)27-3/h4-8H,9H2,1-3H3,(H,22,25). The smallest absolute Gasteiger partial charge is 0.244 e. The summed E-state index contributed by atoms with van der Waals surface area (Å²) in [5, 5.41) is 2.84. The molecule has 0 aliphatic rings. The van der Waals surface area contributed by atoms with Crippen LogP contribution in [0.3, 0.4) is 0 Å². The Hall–Kier alpha value is -2.87. The van der Waals surface area contributed by atoms with Gasteiger partial charge < -0.3 is 19.7 Å². The number of hydrogen-bond acceptors (Lipinski definition) is 4. The first-order valence-electron chi connectivity index (χ1n) is 7.71. The number of nitrogens with one attached hydrogen (secondary N) is 1. The number of anilines is 2. The van der Waals surface area contributed by atoms with Gasteiger partial charge in [0.25, 0.3) is 0 Å². The molecular weight excluding hydrogens is 382 g/mol. The van der Waals surface area contributed by atoms with Crippen LogP contribution in [0.5, 0.6) is 11.5 Å². The second-order valence-electron chi connectivity index (χ2n) is 5.44. The van der Waals surface area contributed by atoms with Crippen molar-refractivity contribution in [2.24, 2.45) is 0 Å². The van der Waals surface area contributed by atoms with Crippen LogP contribution in [0.15, 0.2) is 30.3 Å². The summed E-state index contributed by atoms with van der Waals surface area (Å²) in [7, 11) is 2.80. The largest absolute Gasteiger partial charge is 0.495 e. The van der Waals surface area contributed by atoms with Crippen LogP contribution in [-0.4, -0.2) is 32.6 Å². The average Bonchev–Trinajstić information content (AvgIpc) is 2.61. The van der Waals surface area contributed by atoms with E-state index in [-0.39, 0.29) is 22.1 Å². The van der Waals surface area contributed by atoms with Crippen molar-refractivity contribution >= 4 is 34.8 Å². The maximum atomic E-state index is 14.0. The van der Waals surface area contributed by atoms with Gasteiger partial charge in [0.15, 0.2) is 0 Å². The predicted octanol–water partition coefficient (Wildman–Crippen LogP) is 3.63. The molecule has 0 spiro atoms. The molecule has 0 heterocycles. The maximum absolute atomic E-state index is 14.0. The number of benzene rings is 2. The van der Waals surface area contributed by atoms with E-state index in [4.69, 9.17) is 21.1 Å². The zero-order valence-electron chi connectivity index (χ0n) is 14.8. The number of methoxy groups -OCH3 is 2. The highest BCUT2D eigenvalue weighted by Gasteiger charge is 2.21. The molecule has 2 aromatic rings. The van der Waals surface area contributed by atoms with Gasteiger partial charge >= 0.3 is 0 Å². The molecule has 0 aliphatic heterocycles. The molecule has 9 heteroatoms. The number of carbonyl (C=O) groups is 2. The van der Waals surface area contributed by atoms with E-state index in [2.05, 4.69) is 5.32 Å². The third kappa shape index (κ3) is 4.85. The number of carbonyl (C=O) groups excluding carboxylic acids is 2. The highest BCUT2D eigenvalue weighted by atomic mass is 35.5. The van der Waals surface area contributed by atoms with Gasteiger partial charge in [-0.15, -0.1) is 0 Å². The number of ether oxygens (including phenoxy) is 2. The second kappa shape index (κ2) is 8.68. The molecule has 0 atom stereocenters. The molecule has 0 unspecified atom stereocenters. The van der Waals surface area contributed by atoms with Crippen LogP contribution in [-0.2, 0) is 9.59 Å². The molecule has 27 heavy (non-hydrogen) atoms. The van der Waals surface area contributed by atoms with Crippen LogP contribution < -0.4 is 19.7 Å². The molecule has 2 amide bonds. The minimum atomic E-state index is -0.955. The summed E-state index contributed by atoms with van der Waals surface area (Å²) in [5.41, 5.74) is 0.0477. The van der Waals surface area contributed by atoms with E-state index >= 15 is 0 Å². The van der Waals surface area contributed by atoms with E-state index in [1.807, 2.05) is 0 Å². The van der Waals surface area contributed by atoms with E-state index in [1.165, 1.54) is 33.3 Å². The lowest BCUT2D eigenvalue weighted by Crippen LogP contribution is -2.37. The summed E-state index contributed by atoms with van der Waals surface area (Å²) < 4.78 is 37.3. The summed E-state index contributed by atoms with van der Waals surface area (Å²) in [4.78, 5) is 25.2. The van der Waals surface area contributed by atoms with E-state index in [1.54, 1.807) is 0 Å². The molecule has 0 fully saturated rings. The Bertz CT molecular complexity index is 877. The summed E-state index contributed by atoms with van der Waals surface area (Å²) in [6.45, 7) is 0.675. The lowest BCUT2D eigenvalue weighted by molar-refractivity contribution is -0.120. The number of halogens is 3.